The van der Waals surface area contributed by atoms with E-state index in [0.29, 0.717) is 19.6 Å². The lowest BCUT2D eigenvalue weighted by molar-refractivity contribution is -0.125. The van der Waals surface area contributed by atoms with Crippen molar-refractivity contribution in [3.63, 3.8) is 0 Å². The van der Waals surface area contributed by atoms with Crippen LogP contribution >= 0.6 is 11.3 Å². The molecule has 1 aromatic heterocycles. The van der Waals surface area contributed by atoms with Crippen LogP contribution in [-0.4, -0.2) is 37.4 Å². The van der Waals surface area contributed by atoms with Crippen molar-refractivity contribution in [2.24, 2.45) is 5.92 Å². The van der Waals surface area contributed by atoms with E-state index < -0.39 is 0 Å². The van der Waals surface area contributed by atoms with Crippen molar-refractivity contribution >= 4 is 23.2 Å². The molecule has 0 bridgehead atoms. The van der Waals surface area contributed by atoms with Crippen molar-refractivity contribution in [3.05, 3.63) is 51.2 Å². The Hall–Kier alpha value is -2.34. The van der Waals surface area contributed by atoms with Crippen molar-refractivity contribution in [1.82, 2.24) is 10.2 Å². The molecule has 0 saturated heterocycles. The second-order valence-electron chi connectivity index (χ2n) is 6.96. The van der Waals surface area contributed by atoms with Gasteiger partial charge in [-0.1, -0.05) is 18.2 Å². The maximum Gasteiger partial charge on any atom is 0.263 e. The van der Waals surface area contributed by atoms with Gasteiger partial charge < -0.3 is 15.0 Å². The first-order valence-electron chi connectivity index (χ1n) is 9.31. The summed E-state index contributed by atoms with van der Waals surface area (Å²) in [7, 11) is 3.52. The number of rotatable bonds is 6. The van der Waals surface area contributed by atoms with Crippen LogP contribution in [0.4, 0.5) is 0 Å². The summed E-state index contributed by atoms with van der Waals surface area (Å²) in [5.41, 5.74) is 2.13. The first-order valence-corrected chi connectivity index (χ1v) is 10.1. The topological polar surface area (TPSA) is 58.6 Å². The molecule has 0 aliphatic heterocycles. The highest BCUT2D eigenvalue weighted by molar-refractivity contribution is 7.14. The number of aryl methyl sites for hydroxylation is 1. The van der Waals surface area contributed by atoms with Gasteiger partial charge >= 0.3 is 0 Å². The number of benzene rings is 1. The molecule has 1 aliphatic carbocycles. The van der Waals surface area contributed by atoms with E-state index in [9.17, 15) is 9.59 Å². The summed E-state index contributed by atoms with van der Waals surface area (Å²) in [4.78, 5) is 28.4. The van der Waals surface area contributed by atoms with Gasteiger partial charge in [0, 0.05) is 37.0 Å². The van der Waals surface area contributed by atoms with Crippen molar-refractivity contribution in [1.29, 1.82) is 0 Å². The van der Waals surface area contributed by atoms with Crippen molar-refractivity contribution < 1.29 is 14.3 Å². The molecule has 1 heterocycles. The molecule has 1 unspecified atom stereocenters. The number of hydrogen-bond acceptors (Lipinski definition) is 4. The lowest BCUT2D eigenvalue weighted by Gasteiger charge is -2.21. The van der Waals surface area contributed by atoms with Gasteiger partial charge in [-0.15, -0.1) is 11.3 Å². The molecule has 144 valence electrons. The molecular weight excluding hydrogens is 360 g/mol. The molecule has 27 heavy (non-hydrogen) atoms. The van der Waals surface area contributed by atoms with Gasteiger partial charge in [-0.3, -0.25) is 9.59 Å². The van der Waals surface area contributed by atoms with Crippen LogP contribution in [0.15, 0.2) is 30.3 Å². The number of ether oxygens (including phenoxy) is 1. The Morgan fingerprint density at radius 1 is 1.30 bits per heavy atom. The quantitative estimate of drug-likeness (QED) is 0.829. The number of carbonyl (C=O) groups is 2. The average molecular weight is 387 g/mol. The van der Waals surface area contributed by atoms with Crippen LogP contribution in [0.5, 0.6) is 5.75 Å². The Bertz CT molecular complexity index is 829. The van der Waals surface area contributed by atoms with E-state index in [1.54, 1.807) is 30.3 Å². The minimum atomic E-state index is -0.0475. The number of nitrogens with one attached hydrogen (secondary N) is 1. The average Bonchev–Trinajstić information content (AvgIpc) is 3.09. The Morgan fingerprint density at radius 3 is 2.81 bits per heavy atom. The SMILES string of the molecule is CCOc1ccccc1CNC(=O)C1CCc2sc(C(=O)N(C)C)cc2C1. The van der Waals surface area contributed by atoms with E-state index in [2.05, 4.69) is 5.32 Å². The largest absolute Gasteiger partial charge is 0.494 e. The fourth-order valence-corrected chi connectivity index (χ4v) is 4.58. The smallest absolute Gasteiger partial charge is 0.263 e. The van der Waals surface area contributed by atoms with Gasteiger partial charge in [-0.05, 0) is 43.9 Å². The molecule has 0 spiro atoms. The van der Waals surface area contributed by atoms with Crippen LogP contribution in [0, 0.1) is 5.92 Å². The van der Waals surface area contributed by atoms with E-state index in [4.69, 9.17) is 4.74 Å². The molecule has 6 heteroatoms. The molecule has 1 atom stereocenters. The number of amides is 2. The van der Waals surface area contributed by atoms with Crippen LogP contribution in [0.1, 0.15) is 39.0 Å². The third-order valence-corrected chi connectivity index (χ3v) is 6.02. The lowest BCUT2D eigenvalue weighted by Crippen LogP contribution is -2.33. The number of hydrogen-bond donors (Lipinski definition) is 1. The number of thiophene rings is 1. The van der Waals surface area contributed by atoms with Gasteiger partial charge in [-0.2, -0.15) is 0 Å². The van der Waals surface area contributed by atoms with Gasteiger partial charge in [0.15, 0.2) is 0 Å². The van der Waals surface area contributed by atoms with Crippen LogP contribution < -0.4 is 10.1 Å². The zero-order valence-electron chi connectivity index (χ0n) is 16.1. The molecule has 0 fully saturated rings. The highest BCUT2D eigenvalue weighted by Gasteiger charge is 2.27. The molecule has 5 nitrogen and oxygen atoms in total. The second kappa shape index (κ2) is 8.57. The molecule has 3 rings (SSSR count). The monoisotopic (exact) mass is 386 g/mol. The van der Waals surface area contributed by atoms with Crippen molar-refractivity contribution in [2.45, 2.75) is 32.7 Å². The molecule has 2 aromatic rings. The van der Waals surface area contributed by atoms with Crippen molar-refractivity contribution in [3.8, 4) is 5.75 Å². The Kier molecular flexibility index (Phi) is 6.16. The van der Waals surface area contributed by atoms with Crippen LogP contribution in [-0.2, 0) is 24.2 Å². The Labute approximate surface area is 164 Å². The maximum atomic E-state index is 12.7. The normalized spacial score (nSPS) is 15.7. The zero-order valence-corrected chi connectivity index (χ0v) is 16.9. The second-order valence-corrected chi connectivity index (χ2v) is 8.09. The summed E-state index contributed by atoms with van der Waals surface area (Å²) in [5.74, 6) is 0.867. The standard InChI is InChI=1S/C21H26N2O3S/c1-4-26-17-8-6-5-7-15(17)13-22-20(24)14-9-10-18-16(11-14)12-19(27-18)21(25)23(2)3/h5-8,12,14H,4,9-11,13H2,1-3H3,(H,22,24). The van der Waals surface area contributed by atoms with E-state index in [-0.39, 0.29) is 17.7 Å². The highest BCUT2D eigenvalue weighted by Crippen LogP contribution is 2.33. The fraction of sp³-hybridized carbons (Fsp3) is 0.429. The number of carbonyl (C=O) groups excluding carboxylic acids is 2. The number of fused-ring (bicyclic) bond motifs is 1. The van der Waals surface area contributed by atoms with Crippen molar-refractivity contribution in [2.75, 3.05) is 20.7 Å². The third-order valence-electron chi connectivity index (χ3n) is 4.80. The Morgan fingerprint density at radius 2 is 2.07 bits per heavy atom. The summed E-state index contributed by atoms with van der Waals surface area (Å²) < 4.78 is 5.62. The molecule has 0 radical (unpaired) electrons. The first kappa shape index (κ1) is 19.4. The van der Waals surface area contributed by atoms with Crippen LogP contribution in [0.3, 0.4) is 0 Å². The van der Waals surface area contributed by atoms with Crippen LogP contribution in [0.25, 0.3) is 0 Å². The van der Waals surface area contributed by atoms with Gasteiger partial charge in [-0.25, -0.2) is 0 Å². The maximum absolute atomic E-state index is 12.7. The van der Waals surface area contributed by atoms with Gasteiger partial charge in [0.25, 0.3) is 5.91 Å². The zero-order chi connectivity index (χ0) is 19.4. The summed E-state index contributed by atoms with van der Waals surface area (Å²) in [6.45, 7) is 3.01. The number of para-hydroxylation sites is 1. The predicted molar refractivity (Wildman–Crippen MR) is 107 cm³/mol. The van der Waals surface area contributed by atoms with E-state index in [1.165, 1.54) is 4.88 Å². The lowest BCUT2D eigenvalue weighted by atomic mass is 9.87. The number of nitrogens with zero attached hydrogens (tertiary/aromatic N) is 1. The minimum Gasteiger partial charge on any atom is -0.494 e. The Balaban J connectivity index is 1.62. The fourth-order valence-electron chi connectivity index (χ4n) is 3.35. The molecule has 2 amide bonds. The highest BCUT2D eigenvalue weighted by atomic mass is 32.1. The van der Waals surface area contributed by atoms with Crippen LogP contribution in [0.2, 0.25) is 0 Å². The minimum absolute atomic E-state index is 0.0305. The van der Waals surface area contributed by atoms with E-state index in [1.807, 2.05) is 37.3 Å². The third kappa shape index (κ3) is 4.50. The predicted octanol–water partition coefficient (Wildman–Crippen LogP) is 3.27. The van der Waals surface area contributed by atoms with E-state index in [0.717, 1.165) is 34.6 Å². The molecular formula is C21H26N2O3S. The molecule has 1 N–H and O–H groups in total. The first-order chi connectivity index (χ1) is 13.0. The summed E-state index contributed by atoms with van der Waals surface area (Å²) in [5, 5.41) is 3.06. The molecule has 1 aromatic carbocycles. The summed E-state index contributed by atoms with van der Waals surface area (Å²) in [6.07, 6.45) is 2.38. The van der Waals surface area contributed by atoms with E-state index >= 15 is 0 Å². The van der Waals surface area contributed by atoms with Gasteiger partial charge in [0.05, 0.1) is 11.5 Å². The summed E-state index contributed by atoms with van der Waals surface area (Å²) >= 11 is 1.56. The van der Waals surface area contributed by atoms with Gasteiger partial charge in [0.1, 0.15) is 5.75 Å². The van der Waals surface area contributed by atoms with Gasteiger partial charge in [0.2, 0.25) is 5.91 Å². The molecule has 1 aliphatic rings. The molecule has 0 saturated carbocycles. The summed E-state index contributed by atoms with van der Waals surface area (Å²) in [6, 6.07) is 9.74.